The van der Waals surface area contributed by atoms with Crippen LogP contribution in [0.2, 0.25) is 0 Å². The maximum absolute atomic E-state index is 2.46. The number of hydrogen-bond donors (Lipinski definition) is 0. The molecular weight excluding hydrogens is 478 g/mol. The van der Waals surface area contributed by atoms with Crippen LogP contribution in [0.5, 0.6) is 0 Å². The molecule has 0 amide bonds. The molecule has 0 aliphatic carbocycles. The molecule has 0 aromatic rings. The largest absolute Gasteiger partial charge is 1.00 e. The van der Waals surface area contributed by atoms with Crippen molar-refractivity contribution in [2.24, 2.45) is 0 Å². The van der Waals surface area contributed by atoms with E-state index in [1.807, 2.05) is 0 Å². The van der Waals surface area contributed by atoms with Crippen LogP contribution < -0.4 is 17.0 Å². The zero-order chi connectivity index (χ0) is 24.3. The van der Waals surface area contributed by atoms with Crippen molar-refractivity contribution in [3.8, 4) is 0 Å². The van der Waals surface area contributed by atoms with E-state index >= 15 is 0 Å². The highest BCUT2D eigenvalue weighted by Crippen LogP contribution is 2.15. The first-order valence-corrected chi connectivity index (χ1v) is 15.9. The molecule has 0 rings (SSSR count). The van der Waals surface area contributed by atoms with Gasteiger partial charge in [0, 0.05) is 0 Å². The number of halogens is 1. The van der Waals surface area contributed by atoms with Gasteiger partial charge in [0.2, 0.25) is 0 Å². The molecule has 0 aromatic heterocycles. The van der Waals surface area contributed by atoms with Gasteiger partial charge in [0.1, 0.15) is 0 Å². The summed E-state index contributed by atoms with van der Waals surface area (Å²) in [7, 11) is 4.92. The van der Waals surface area contributed by atoms with Crippen molar-refractivity contribution in [3.05, 3.63) is 0 Å². The van der Waals surface area contributed by atoms with E-state index in [1.165, 1.54) is 185 Å². The number of quaternary nitrogens is 1. The quantitative estimate of drug-likeness (QED) is 0.0685. The predicted octanol–water partition coefficient (Wildman–Crippen LogP) is 8.25. The topological polar surface area (TPSA) is 0 Å². The van der Waals surface area contributed by atoms with Gasteiger partial charge in [-0.3, -0.25) is 0 Å². The Bertz CT molecular complexity index is 323. The van der Waals surface area contributed by atoms with E-state index in [0.717, 1.165) is 0 Å². The third kappa shape index (κ3) is 30.5. The smallest absolute Gasteiger partial charge is 0.0782 e. The Morgan fingerprint density at radius 1 is 0.294 bits per heavy atom. The number of unbranched alkanes of at least 4 members (excludes halogenated alkanes) is 24. The summed E-state index contributed by atoms with van der Waals surface area (Å²) in [6, 6.07) is 0. The zero-order valence-electron chi connectivity index (χ0n) is 24.6. The van der Waals surface area contributed by atoms with Gasteiger partial charge in [0.15, 0.2) is 0 Å². The van der Waals surface area contributed by atoms with E-state index < -0.39 is 0 Å². The maximum atomic E-state index is 2.46. The molecule has 0 aliphatic rings. The molecule has 34 heavy (non-hydrogen) atoms. The van der Waals surface area contributed by atoms with Gasteiger partial charge in [0.25, 0.3) is 0 Å². The van der Waals surface area contributed by atoms with Crippen molar-refractivity contribution in [2.45, 2.75) is 181 Å². The van der Waals surface area contributed by atoms with Crippen LogP contribution in [0.4, 0.5) is 0 Å². The molecule has 0 atom stereocenters. The van der Waals surface area contributed by atoms with Crippen molar-refractivity contribution in [1.82, 2.24) is 0 Å². The Kier molecular flexibility index (Phi) is 31.9. The molecule has 2 heteroatoms. The fourth-order valence-corrected chi connectivity index (χ4v) is 5.23. The van der Waals surface area contributed by atoms with Crippen LogP contribution in [-0.2, 0) is 0 Å². The van der Waals surface area contributed by atoms with Gasteiger partial charge in [-0.2, -0.15) is 0 Å². The molecular formula is C32H68BrN. The van der Waals surface area contributed by atoms with Crippen molar-refractivity contribution in [1.29, 1.82) is 0 Å². The third-order valence-electron chi connectivity index (χ3n) is 7.73. The molecule has 0 bridgehead atoms. The van der Waals surface area contributed by atoms with Crippen molar-refractivity contribution in [2.75, 3.05) is 27.2 Å². The zero-order valence-corrected chi connectivity index (χ0v) is 26.2. The second-order valence-corrected chi connectivity index (χ2v) is 11.9. The second-order valence-electron chi connectivity index (χ2n) is 11.9. The molecule has 0 spiro atoms. The fourth-order valence-electron chi connectivity index (χ4n) is 5.23. The maximum Gasteiger partial charge on any atom is 0.0782 e. The monoisotopic (exact) mass is 545 g/mol. The summed E-state index contributed by atoms with van der Waals surface area (Å²) in [5.41, 5.74) is 0. The molecule has 0 heterocycles. The van der Waals surface area contributed by atoms with Crippen LogP contribution in [0, 0.1) is 0 Å². The van der Waals surface area contributed by atoms with Gasteiger partial charge in [-0.05, 0) is 25.7 Å². The number of hydrogen-bond acceptors (Lipinski definition) is 0. The lowest BCUT2D eigenvalue weighted by Gasteiger charge is -2.30. The molecule has 0 saturated heterocycles. The average molecular weight is 547 g/mol. The van der Waals surface area contributed by atoms with Gasteiger partial charge in [0.05, 0.1) is 27.2 Å². The summed E-state index contributed by atoms with van der Waals surface area (Å²) in [5.74, 6) is 0. The molecule has 0 saturated carbocycles. The Balaban J connectivity index is 0. The first kappa shape index (κ1) is 36.6. The van der Waals surface area contributed by atoms with Crippen LogP contribution in [0.1, 0.15) is 181 Å². The Morgan fingerprint density at radius 2 is 0.471 bits per heavy atom. The minimum atomic E-state index is 0. The molecule has 0 fully saturated rings. The summed E-state index contributed by atoms with van der Waals surface area (Å²) >= 11 is 0. The molecule has 0 aromatic carbocycles. The minimum Gasteiger partial charge on any atom is -1.00 e. The van der Waals surface area contributed by atoms with Gasteiger partial charge >= 0.3 is 0 Å². The van der Waals surface area contributed by atoms with Gasteiger partial charge < -0.3 is 21.5 Å². The van der Waals surface area contributed by atoms with E-state index in [4.69, 9.17) is 0 Å². The van der Waals surface area contributed by atoms with Crippen LogP contribution in [0.3, 0.4) is 0 Å². The SMILES string of the molecule is CCCCCCCCCCCCCCC[N+](C)(C)CCCCCCCCCCCCCCC.[Br-]. The van der Waals surface area contributed by atoms with Crippen LogP contribution in [0.25, 0.3) is 0 Å². The molecule has 0 aliphatic heterocycles. The predicted molar refractivity (Wildman–Crippen MR) is 153 cm³/mol. The molecule has 0 N–H and O–H groups in total. The van der Waals surface area contributed by atoms with E-state index in [9.17, 15) is 0 Å². The standard InChI is InChI=1S/C32H68N.BrH/c1-5-7-9-11-13-15-17-19-21-23-25-27-29-31-33(3,4)32-30-28-26-24-22-20-18-16-14-12-10-8-6-2;/h5-32H2,1-4H3;1H/q+1;/p-1. The van der Waals surface area contributed by atoms with E-state index in [2.05, 4.69) is 27.9 Å². The van der Waals surface area contributed by atoms with Crippen LogP contribution in [0.15, 0.2) is 0 Å². The summed E-state index contributed by atoms with van der Waals surface area (Å²) < 4.78 is 1.25. The first-order chi connectivity index (χ1) is 16.1. The Labute approximate surface area is 229 Å². The Hall–Kier alpha value is 0.440. The van der Waals surface area contributed by atoms with Crippen molar-refractivity contribution < 1.29 is 21.5 Å². The molecule has 0 radical (unpaired) electrons. The number of rotatable bonds is 28. The highest BCUT2D eigenvalue weighted by molar-refractivity contribution is 4.51. The molecule has 0 unspecified atom stereocenters. The van der Waals surface area contributed by atoms with E-state index in [1.54, 1.807) is 0 Å². The summed E-state index contributed by atoms with van der Waals surface area (Å²) in [5, 5.41) is 0. The van der Waals surface area contributed by atoms with Crippen molar-refractivity contribution >= 4 is 0 Å². The lowest BCUT2D eigenvalue weighted by Crippen LogP contribution is -3.00. The summed E-state index contributed by atoms with van der Waals surface area (Å²) in [6.07, 6.45) is 38.0. The summed E-state index contributed by atoms with van der Waals surface area (Å²) in [4.78, 5) is 0. The fraction of sp³-hybridized carbons (Fsp3) is 1.00. The second kappa shape index (κ2) is 29.7. The molecule has 208 valence electrons. The van der Waals surface area contributed by atoms with E-state index in [0.29, 0.717) is 0 Å². The highest BCUT2D eigenvalue weighted by Gasteiger charge is 2.13. The first-order valence-electron chi connectivity index (χ1n) is 15.9. The lowest BCUT2D eigenvalue weighted by molar-refractivity contribution is -0.890. The Morgan fingerprint density at radius 3 is 0.676 bits per heavy atom. The minimum absolute atomic E-state index is 0. The average Bonchev–Trinajstić information content (AvgIpc) is 2.80. The molecule has 1 nitrogen and oxygen atoms in total. The van der Waals surface area contributed by atoms with Crippen LogP contribution >= 0.6 is 0 Å². The van der Waals surface area contributed by atoms with Crippen molar-refractivity contribution in [3.63, 3.8) is 0 Å². The van der Waals surface area contributed by atoms with Gasteiger partial charge in [-0.25, -0.2) is 0 Å². The van der Waals surface area contributed by atoms with Gasteiger partial charge in [-0.15, -0.1) is 0 Å². The van der Waals surface area contributed by atoms with Crippen LogP contribution in [-0.4, -0.2) is 31.7 Å². The van der Waals surface area contributed by atoms with Gasteiger partial charge in [-0.1, -0.05) is 155 Å². The normalized spacial score (nSPS) is 11.6. The highest BCUT2D eigenvalue weighted by atomic mass is 79.9. The summed E-state index contributed by atoms with van der Waals surface area (Å²) in [6.45, 7) is 7.38. The lowest BCUT2D eigenvalue weighted by atomic mass is 10.0. The van der Waals surface area contributed by atoms with E-state index in [-0.39, 0.29) is 17.0 Å². The number of nitrogens with zero attached hydrogens (tertiary/aromatic N) is 1. The third-order valence-corrected chi connectivity index (χ3v) is 7.73.